The lowest BCUT2D eigenvalue weighted by molar-refractivity contribution is -0.191. The number of carbonyl (C=O) groups is 1. The van der Waals surface area contributed by atoms with E-state index in [4.69, 9.17) is 18.3 Å². The average Bonchev–Trinajstić information content (AvgIpc) is 2.54. The standard InChI is InChI=1S/C16H29O5P/c1-2-3-4-5-6-7-8-9-10-11-15(17)21-16-12-18-22(19-13-16)20-14-16/h2-14H2,1H3. The Hall–Kier alpha value is -0.220. The topological polar surface area (TPSA) is 54.0 Å². The number of hydrogen-bond acceptors (Lipinski definition) is 5. The molecule has 6 heteroatoms. The largest absolute Gasteiger partial charge is 0.452 e. The molecule has 0 unspecified atom stereocenters. The van der Waals surface area contributed by atoms with Crippen molar-refractivity contribution < 1.29 is 23.1 Å². The van der Waals surface area contributed by atoms with Crippen molar-refractivity contribution in [2.75, 3.05) is 19.8 Å². The summed E-state index contributed by atoms with van der Waals surface area (Å²) in [5.41, 5.74) is -0.701. The van der Waals surface area contributed by atoms with Gasteiger partial charge in [-0.05, 0) is 6.42 Å². The van der Waals surface area contributed by atoms with Gasteiger partial charge in [-0.25, -0.2) is 0 Å². The molecule has 3 aliphatic rings. The van der Waals surface area contributed by atoms with Crippen LogP contribution in [0.25, 0.3) is 0 Å². The van der Waals surface area contributed by atoms with E-state index < -0.39 is 14.2 Å². The number of rotatable bonds is 11. The van der Waals surface area contributed by atoms with Crippen LogP contribution < -0.4 is 0 Å². The molecule has 0 aromatic heterocycles. The van der Waals surface area contributed by atoms with Crippen LogP contribution in [0.2, 0.25) is 0 Å². The second-order valence-corrected chi connectivity index (χ2v) is 7.50. The number of carbonyl (C=O) groups excluding carboxylic acids is 1. The van der Waals surface area contributed by atoms with E-state index in [1.165, 1.54) is 44.9 Å². The summed E-state index contributed by atoms with van der Waals surface area (Å²) in [5.74, 6) is -0.160. The molecule has 128 valence electrons. The van der Waals surface area contributed by atoms with Gasteiger partial charge in [-0.15, -0.1) is 0 Å². The van der Waals surface area contributed by atoms with Crippen molar-refractivity contribution in [2.24, 2.45) is 0 Å². The molecule has 0 amide bonds. The van der Waals surface area contributed by atoms with Crippen LogP contribution in [0.1, 0.15) is 71.1 Å². The number of unbranched alkanes of at least 4 members (excludes halogenated alkanes) is 8. The van der Waals surface area contributed by atoms with Crippen molar-refractivity contribution in [1.29, 1.82) is 0 Å². The summed E-state index contributed by atoms with van der Waals surface area (Å²) in [6, 6.07) is 0. The van der Waals surface area contributed by atoms with Crippen LogP contribution >= 0.6 is 8.60 Å². The molecular formula is C16H29O5P. The van der Waals surface area contributed by atoms with Gasteiger partial charge < -0.3 is 18.3 Å². The Balaban J connectivity index is 1.46. The second-order valence-electron chi connectivity index (χ2n) is 6.28. The van der Waals surface area contributed by atoms with Crippen molar-refractivity contribution >= 4 is 14.6 Å². The zero-order chi connectivity index (χ0) is 15.7. The van der Waals surface area contributed by atoms with Gasteiger partial charge in [0.25, 0.3) is 0 Å². The molecule has 0 aromatic rings. The summed E-state index contributed by atoms with van der Waals surface area (Å²) in [7, 11) is -1.18. The predicted octanol–water partition coefficient (Wildman–Crippen LogP) is 4.49. The molecule has 0 saturated carbocycles. The highest BCUT2D eigenvalue weighted by Gasteiger charge is 2.47. The first kappa shape index (κ1) is 18.1. The third-order valence-electron chi connectivity index (χ3n) is 4.11. The lowest BCUT2D eigenvalue weighted by Gasteiger charge is -2.42. The molecule has 0 N–H and O–H groups in total. The SMILES string of the molecule is CCCCCCCCCCCC(=O)OC12COP(OC1)OC2. The molecule has 3 saturated heterocycles. The van der Waals surface area contributed by atoms with Crippen molar-refractivity contribution in [1.82, 2.24) is 0 Å². The van der Waals surface area contributed by atoms with Gasteiger partial charge in [-0.1, -0.05) is 58.3 Å². The highest BCUT2D eigenvalue weighted by molar-refractivity contribution is 7.41. The highest BCUT2D eigenvalue weighted by atomic mass is 31.2. The molecule has 5 nitrogen and oxygen atoms in total. The minimum atomic E-state index is -1.18. The van der Waals surface area contributed by atoms with Crippen LogP contribution in [-0.4, -0.2) is 31.4 Å². The monoisotopic (exact) mass is 332 g/mol. The molecule has 0 spiro atoms. The van der Waals surface area contributed by atoms with Gasteiger partial charge >= 0.3 is 14.6 Å². The van der Waals surface area contributed by atoms with Crippen LogP contribution in [0, 0.1) is 0 Å². The third-order valence-corrected chi connectivity index (χ3v) is 5.13. The summed E-state index contributed by atoms with van der Waals surface area (Å²) in [6.07, 6.45) is 11.7. The van der Waals surface area contributed by atoms with Crippen molar-refractivity contribution in [3.8, 4) is 0 Å². The molecular weight excluding hydrogens is 303 g/mol. The number of esters is 1. The van der Waals surface area contributed by atoms with Gasteiger partial charge in [0.05, 0.1) is 0 Å². The van der Waals surface area contributed by atoms with E-state index in [-0.39, 0.29) is 5.97 Å². The maximum absolute atomic E-state index is 11.9. The Bertz CT molecular complexity index is 315. The van der Waals surface area contributed by atoms with Crippen molar-refractivity contribution in [3.05, 3.63) is 0 Å². The molecule has 3 rings (SSSR count). The summed E-state index contributed by atoms with van der Waals surface area (Å²) >= 11 is 0. The maximum atomic E-state index is 11.9. The molecule has 0 atom stereocenters. The molecule has 0 aromatic carbocycles. The van der Waals surface area contributed by atoms with Crippen LogP contribution in [0.3, 0.4) is 0 Å². The van der Waals surface area contributed by atoms with Crippen LogP contribution in [0.5, 0.6) is 0 Å². The van der Waals surface area contributed by atoms with Gasteiger partial charge in [0, 0.05) is 6.42 Å². The van der Waals surface area contributed by atoms with Crippen molar-refractivity contribution in [2.45, 2.75) is 76.7 Å². The zero-order valence-electron chi connectivity index (χ0n) is 13.7. The minimum Gasteiger partial charge on any atom is -0.452 e. The van der Waals surface area contributed by atoms with Crippen LogP contribution in [0.4, 0.5) is 0 Å². The smallest absolute Gasteiger partial charge is 0.333 e. The molecule has 3 heterocycles. The zero-order valence-corrected chi connectivity index (χ0v) is 14.6. The first-order chi connectivity index (χ1) is 10.7. The Morgan fingerprint density at radius 2 is 1.41 bits per heavy atom. The average molecular weight is 332 g/mol. The summed E-state index contributed by atoms with van der Waals surface area (Å²) in [5, 5.41) is 0. The Kier molecular flexibility index (Phi) is 8.09. The van der Waals surface area contributed by atoms with Crippen LogP contribution in [0.15, 0.2) is 0 Å². The Morgan fingerprint density at radius 1 is 0.909 bits per heavy atom. The maximum Gasteiger partial charge on any atom is 0.333 e. The van der Waals surface area contributed by atoms with E-state index in [9.17, 15) is 4.79 Å². The number of ether oxygens (including phenoxy) is 1. The lowest BCUT2D eigenvalue weighted by atomic mass is 10.1. The quantitative estimate of drug-likeness (QED) is 0.317. The lowest BCUT2D eigenvalue weighted by Crippen LogP contribution is -2.53. The molecule has 3 aliphatic heterocycles. The molecule has 22 heavy (non-hydrogen) atoms. The van der Waals surface area contributed by atoms with Gasteiger partial charge in [-0.3, -0.25) is 4.79 Å². The van der Waals surface area contributed by atoms with Gasteiger partial charge in [0.1, 0.15) is 19.8 Å². The van der Waals surface area contributed by atoms with E-state index in [2.05, 4.69) is 6.92 Å². The Morgan fingerprint density at radius 3 is 1.95 bits per heavy atom. The van der Waals surface area contributed by atoms with Crippen molar-refractivity contribution in [3.63, 3.8) is 0 Å². The van der Waals surface area contributed by atoms with Gasteiger partial charge in [-0.2, -0.15) is 0 Å². The summed E-state index contributed by atoms with van der Waals surface area (Å²) in [6.45, 7) is 3.45. The predicted molar refractivity (Wildman–Crippen MR) is 85.4 cm³/mol. The molecule has 2 bridgehead atoms. The number of hydrogen-bond donors (Lipinski definition) is 0. The minimum absolute atomic E-state index is 0.160. The van der Waals surface area contributed by atoms with E-state index in [0.29, 0.717) is 26.2 Å². The first-order valence-corrected chi connectivity index (χ1v) is 9.74. The first-order valence-electron chi connectivity index (χ1n) is 8.65. The second kappa shape index (κ2) is 9.82. The van der Waals surface area contributed by atoms with Gasteiger partial charge in [0.15, 0.2) is 5.60 Å². The van der Waals surface area contributed by atoms with E-state index >= 15 is 0 Å². The number of fused-ring (bicyclic) bond motifs is 3. The highest BCUT2D eigenvalue weighted by Crippen LogP contribution is 2.51. The normalized spacial score (nSPS) is 27.0. The molecule has 0 radical (unpaired) electrons. The fourth-order valence-electron chi connectivity index (χ4n) is 2.71. The van der Waals surface area contributed by atoms with E-state index in [0.717, 1.165) is 12.8 Å². The summed E-state index contributed by atoms with van der Waals surface area (Å²) in [4.78, 5) is 11.9. The van der Waals surface area contributed by atoms with E-state index in [1.807, 2.05) is 0 Å². The van der Waals surface area contributed by atoms with Gasteiger partial charge in [0.2, 0.25) is 0 Å². The fraction of sp³-hybridized carbons (Fsp3) is 0.938. The Labute approximate surface area is 135 Å². The third kappa shape index (κ3) is 6.11. The molecule has 0 aliphatic carbocycles. The fourth-order valence-corrected chi connectivity index (χ4v) is 3.95. The van der Waals surface area contributed by atoms with E-state index in [1.54, 1.807) is 0 Å². The van der Waals surface area contributed by atoms with Crippen LogP contribution in [-0.2, 0) is 23.1 Å². The summed E-state index contributed by atoms with van der Waals surface area (Å²) < 4.78 is 21.5. The molecule has 3 fully saturated rings.